The van der Waals surface area contributed by atoms with Crippen LogP contribution in [0.2, 0.25) is 10.0 Å². The van der Waals surface area contributed by atoms with Crippen LogP contribution < -0.4 is 10.6 Å². The van der Waals surface area contributed by atoms with Gasteiger partial charge in [-0.05, 0) is 48.9 Å². The minimum absolute atomic E-state index is 0.283. The molecule has 0 saturated heterocycles. The molecule has 10 heteroatoms. The van der Waals surface area contributed by atoms with Crippen LogP contribution in [0.3, 0.4) is 0 Å². The van der Waals surface area contributed by atoms with Gasteiger partial charge < -0.3 is 10.6 Å². The molecule has 0 aliphatic carbocycles. The Hall–Kier alpha value is -3.75. The van der Waals surface area contributed by atoms with Crippen molar-refractivity contribution in [3.05, 3.63) is 94.1 Å². The molecule has 1 unspecified atom stereocenters. The summed E-state index contributed by atoms with van der Waals surface area (Å²) in [5.74, 6) is 0.615. The lowest BCUT2D eigenvalue weighted by Crippen LogP contribution is -2.31. The summed E-state index contributed by atoms with van der Waals surface area (Å²) in [5, 5.41) is 11.8. The average Bonchev–Trinajstić information content (AvgIpc) is 3.22. The lowest BCUT2D eigenvalue weighted by molar-refractivity contribution is -0.113. The first-order valence-electron chi connectivity index (χ1n) is 10.0. The second kappa shape index (κ2) is 8.65. The number of rotatable bonds is 4. The number of amides is 1. The third kappa shape index (κ3) is 4.06. The number of anilines is 2. The fourth-order valence-corrected chi connectivity index (χ4v) is 4.20. The molecule has 164 valence electrons. The normalized spacial score (nSPS) is 15.1. The molecule has 1 amide bonds. The van der Waals surface area contributed by atoms with Crippen LogP contribution in [0.25, 0.3) is 11.4 Å². The van der Waals surface area contributed by atoms with Gasteiger partial charge in [-0.25, -0.2) is 4.68 Å². The zero-order valence-corrected chi connectivity index (χ0v) is 18.8. The number of nitrogens with zero attached hydrogens (tertiary/aromatic N) is 5. The van der Waals surface area contributed by atoms with Crippen LogP contribution in [0, 0.1) is 0 Å². The fourth-order valence-electron chi connectivity index (χ4n) is 3.71. The summed E-state index contributed by atoms with van der Waals surface area (Å²) in [7, 11) is 0. The first kappa shape index (κ1) is 21.1. The minimum Gasteiger partial charge on any atom is -0.328 e. The summed E-state index contributed by atoms with van der Waals surface area (Å²) >= 11 is 12.4. The van der Waals surface area contributed by atoms with E-state index in [0.29, 0.717) is 44.3 Å². The van der Waals surface area contributed by atoms with E-state index in [2.05, 4.69) is 25.6 Å². The topological polar surface area (TPSA) is 97.6 Å². The Morgan fingerprint density at radius 2 is 1.88 bits per heavy atom. The molecule has 4 heterocycles. The first-order valence-corrected chi connectivity index (χ1v) is 10.8. The SMILES string of the molecule is CC1=C(C(=O)Nc2cccnc2)C(c2cccnc2)n2nc(-c3ccc(Cl)cc3Cl)nc2N1. The number of nitrogens with one attached hydrogen (secondary N) is 2. The number of carbonyl (C=O) groups is 1. The molecule has 0 spiro atoms. The van der Waals surface area contributed by atoms with Gasteiger partial charge in [-0.15, -0.1) is 5.10 Å². The Morgan fingerprint density at radius 1 is 1.09 bits per heavy atom. The van der Waals surface area contributed by atoms with Crippen molar-refractivity contribution in [1.29, 1.82) is 0 Å². The van der Waals surface area contributed by atoms with Crippen molar-refractivity contribution in [2.24, 2.45) is 0 Å². The third-order valence-electron chi connectivity index (χ3n) is 5.19. The number of aromatic nitrogens is 5. The van der Waals surface area contributed by atoms with Gasteiger partial charge in [-0.3, -0.25) is 14.8 Å². The number of allylic oxidation sites excluding steroid dienone is 1. The Morgan fingerprint density at radius 3 is 2.58 bits per heavy atom. The zero-order valence-electron chi connectivity index (χ0n) is 17.3. The first-order chi connectivity index (χ1) is 16.0. The molecule has 1 aromatic carbocycles. The molecule has 1 aliphatic rings. The number of hydrogen-bond acceptors (Lipinski definition) is 6. The summed E-state index contributed by atoms with van der Waals surface area (Å²) in [5.41, 5.74) is 3.14. The predicted octanol–water partition coefficient (Wildman–Crippen LogP) is 4.97. The summed E-state index contributed by atoms with van der Waals surface area (Å²) in [4.78, 5) is 26.3. The van der Waals surface area contributed by atoms with Crippen LogP contribution >= 0.6 is 23.2 Å². The largest absolute Gasteiger partial charge is 0.328 e. The van der Waals surface area contributed by atoms with E-state index in [0.717, 1.165) is 5.56 Å². The van der Waals surface area contributed by atoms with Crippen LogP contribution in [0.15, 0.2) is 78.5 Å². The van der Waals surface area contributed by atoms with E-state index < -0.39 is 6.04 Å². The molecule has 0 fully saturated rings. The monoisotopic (exact) mass is 477 g/mol. The third-order valence-corrected chi connectivity index (χ3v) is 5.74. The molecule has 0 saturated carbocycles. The molecule has 3 aromatic heterocycles. The average molecular weight is 478 g/mol. The molecule has 4 aromatic rings. The van der Waals surface area contributed by atoms with Crippen LogP contribution in [0.4, 0.5) is 11.6 Å². The van der Waals surface area contributed by atoms with Crippen molar-refractivity contribution in [3.8, 4) is 11.4 Å². The Kier molecular flexibility index (Phi) is 5.53. The van der Waals surface area contributed by atoms with Gasteiger partial charge >= 0.3 is 0 Å². The van der Waals surface area contributed by atoms with E-state index in [1.807, 2.05) is 19.1 Å². The second-order valence-corrected chi connectivity index (χ2v) is 8.22. The van der Waals surface area contributed by atoms with E-state index in [1.165, 1.54) is 0 Å². The highest BCUT2D eigenvalue weighted by Crippen LogP contribution is 2.37. The van der Waals surface area contributed by atoms with Crippen molar-refractivity contribution in [2.75, 3.05) is 10.6 Å². The van der Waals surface area contributed by atoms with Crippen LogP contribution in [-0.2, 0) is 4.79 Å². The smallest absolute Gasteiger partial charge is 0.255 e. The number of hydrogen-bond donors (Lipinski definition) is 2. The highest BCUT2D eigenvalue weighted by atomic mass is 35.5. The number of carbonyl (C=O) groups excluding carboxylic acids is 1. The van der Waals surface area contributed by atoms with Crippen molar-refractivity contribution in [3.63, 3.8) is 0 Å². The lowest BCUT2D eigenvalue weighted by Gasteiger charge is -2.28. The standard InChI is InChI=1S/C23H17Cl2N7O/c1-13-19(22(33)29-16-5-3-9-27-12-16)20(14-4-2-8-26-11-14)32-23(28-13)30-21(31-32)17-7-6-15(24)10-18(17)25/h2-12,20H,1H3,(H,29,33)(H,28,30,31). The highest BCUT2D eigenvalue weighted by molar-refractivity contribution is 6.36. The van der Waals surface area contributed by atoms with Gasteiger partial charge in [0.1, 0.15) is 6.04 Å². The zero-order chi connectivity index (χ0) is 22.9. The quantitative estimate of drug-likeness (QED) is 0.430. The van der Waals surface area contributed by atoms with Gasteiger partial charge in [-0.1, -0.05) is 29.3 Å². The Bertz CT molecular complexity index is 1370. The molecular formula is C23H17Cl2N7O. The summed E-state index contributed by atoms with van der Waals surface area (Å²) in [6.45, 7) is 1.83. The Labute approximate surface area is 199 Å². The number of fused-ring (bicyclic) bond motifs is 1. The van der Waals surface area contributed by atoms with E-state index >= 15 is 0 Å². The van der Waals surface area contributed by atoms with Gasteiger partial charge in [0, 0.05) is 34.9 Å². The lowest BCUT2D eigenvalue weighted by atomic mass is 9.96. The van der Waals surface area contributed by atoms with E-state index in [-0.39, 0.29) is 5.91 Å². The molecule has 5 rings (SSSR count). The second-order valence-electron chi connectivity index (χ2n) is 7.38. The summed E-state index contributed by atoms with van der Waals surface area (Å²) in [6.07, 6.45) is 6.62. The molecular weight excluding hydrogens is 461 g/mol. The van der Waals surface area contributed by atoms with Gasteiger partial charge in [-0.2, -0.15) is 4.98 Å². The maximum absolute atomic E-state index is 13.4. The van der Waals surface area contributed by atoms with Crippen molar-refractivity contribution >= 4 is 40.7 Å². The molecule has 1 aliphatic heterocycles. The molecule has 2 N–H and O–H groups in total. The minimum atomic E-state index is -0.557. The number of pyridine rings is 2. The summed E-state index contributed by atoms with van der Waals surface area (Å²) in [6, 6.07) is 11.8. The fraction of sp³-hybridized carbons (Fsp3) is 0.0870. The van der Waals surface area contributed by atoms with Gasteiger partial charge in [0.25, 0.3) is 5.91 Å². The van der Waals surface area contributed by atoms with E-state index in [1.54, 1.807) is 59.8 Å². The molecule has 33 heavy (non-hydrogen) atoms. The maximum Gasteiger partial charge on any atom is 0.255 e. The molecule has 1 atom stereocenters. The molecule has 0 bridgehead atoms. The van der Waals surface area contributed by atoms with Crippen molar-refractivity contribution < 1.29 is 4.79 Å². The van der Waals surface area contributed by atoms with Gasteiger partial charge in [0.15, 0.2) is 5.82 Å². The van der Waals surface area contributed by atoms with Crippen LogP contribution in [-0.4, -0.2) is 30.6 Å². The van der Waals surface area contributed by atoms with Crippen molar-refractivity contribution in [1.82, 2.24) is 24.7 Å². The van der Waals surface area contributed by atoms with Crippen molar-refractivity contribution in [2.45, 2.75) is 13.0 Å². The number of halogens is 2. The van der Waals surface area contributed by atoms with Gasteiger partial charge in [0.2, 0.25) is 5.95 Å². The van der Waals surface area contributed by atoms with E-state index in [4.69, 9.17) is 28.3 Å². The predicted molar refractivity (Wildman–Crippen MR) is 127 cm³/mol. The van der Waals surface area contributed by atoms with Crippen LogP contribution in [0.1, 0.15) is 18.5 Å². The molecule has 0 radical (unpaired) electrons. The summed E-state index contributed by atoms with van der Waals surface area (Å²) < 4.78 is 1.67. The molecule has 8 nitrogen and oxygen atoms in total. The van der Waals surface area contributed by atoms with Crippen LogP contribution in [0.5, 0.6) is 0 Å². The van der Waals surface area contributed by atoms with Gasteiger partial charge in [0.05, 0.1) is 22.5 Å². The number of benzene rings is 1. The maximum atomic E-state index is 13.4. The Balaban J connectivity index is 1.60. The highest BCUT2D eigenvalue weighted by Gasteiger charge is 2.34. The van der Waals surface area contributed by atoms with E-state index in [9.17, 15) is 4.79 Å².